The van der Waals surface area contributed by atoms with Crippen molar-refractivity contribution in [3.05, 3.63) is 83.9 Å². The fraction of sp³-hybridized carbons (Fsp3) is 0.227. The van der Waals surface area contributed by atoms with E-state index < -0.39 is 0 Å². The van der Waals surface area contributed by atoms with Gasteiger partial charge in [-0.2, -0.15) is 0 Å². The van der Waals surface area contributed by atoms with E-state index in [0.29, 0.717) is 0 Å². The Labute approximate surface area is 177 Å². The van der Waals surface area contributed by atoms with E-state index in [-0.39, 0.29) is 42.8 Å². The Morgan fingerprint density at radius 1 is 1.04 bits per heavy atom. The standard InChI is InChI=1S/C22H21FN2O.2ClH/c1-24-22(21-11-8-16-4-2-3-5-20(16)26-21)18-12-17(13-25-14-18)15-6-9-19(23)10-7-15;;/h2-7,9-10,12-14,21-22,24H,8,11H2,1H3;2*1H. The molecule has 0 fully saturated rings. The van der Waals surface area contributed by atoms with E-state index in [1.807, 2.05) is 31.4 Å². The number of nitrogens with zero attached hydrogens (tertiary/aromatic N) is 1. The molecule has 0 aliphatic carbocycles. The monoisotopic (exact) mass is 420 g/mol. The van der Waals surface area contributed by atoms with Gasteiger partial charge in [0.15, 0.2) is 0 Å². The zero-order chi connectivity index (χ0) is 17.9. The van der Waals surface area contributed by atoms with E-state index in [1.165, 1.54) is 17.7 Å². The van der Waals surface area contributed by atoms with Crippen LogP contribution in [-0.2, 0) is 6.42 Å². The fourth-order valence-corrected chi connectivity index (χ4v) is 3.58. The largest absolute Gasteiger partial charge is 0.488 e. The molecule has 3 aromatic rings. The van der Waals surface area contributed by atoms with Gasteiger partial charge in [0, 0.05) is 18.0 Å². The molecule has 148 valence electrons. The molecule has 1 aliphatic rings. The molecule has 4 rings (SSSR count). The zero-order valence-electron chi connectivity index (χ0n) is 15.5. The van der Waals surface area contributed by atoms with Gasteiger partial charge in [-0.15, -0.1) is 24.8 Å². The van der Waals surface area contributed by atoms with E-state index in [4.69, 9.17) is 4.74 Å². The molecule has 1 N–H and O–H groups in total. The van der Waals surface area contributed by atoms with Crippen LogP contribution in [0.15, 0.2) is 67.0 Å². The lowest BCUT2D eigenvalue weighted by Gasteiger charge is -2.32. The Balaban J connectivity index is 0.00000140. The van der Waals surface area contributed by atoms with Gasteiger partial charge in [-0.05, 0) is 60.8 Å². The van der Waals surface area contributed by atoms with Gasteiger partial charge < -0.3 is 10.1 Å². The van der Waals surface area contributed by atoms with Crippen LogP contribution in [0.5, 0.6) is 5.75 Å². The van der Waals surface area contributed by atoms with Crippen molar-refractivity contribution in [2.45, 2.75) is 25.0 Å². The van der Waals surface area contributed by atoms with Crippen LogP contribution in [0, 0.1) is 5.82 Å². The summed E-state index contributed by atoms with van der Waals surface area (Å²) in [7, 11) is 1.94. The lowest BCUT2D eigenvalue weighted by molar-refractivity contribution is 0.132. The highest BCUT2D eigenvalue weighted by Crippen LogP contribution is 2.33. The third kappa shape index (κ3) is 4.64. The number of aromatic nitrogens is 1. The summed E-state index contributed by atoms with van der Waals surface area (Å²) in [5.41, 5.74) is 4.25. The van der Waals surface area contributed by atoms with Crippen molar-refractivity contribution >= 4 is 24.8 Å². The molecular weight excluding hydrogens is 398 g/mol. The minimum Gasteiger partial charge on any atom is -0.488 e. The number of para-hydroxylation sites is 1. The van der Waals surface area contributed by atoms with Crippen molar-refractivity contribution in [1.29, 1.82) is 0 Å². The molecule has 2 atom stereocenters. The highest BCUT2D eigenvalue weighted by molar-refractivity contribution is 5.85. The first-order valence-corrected chi connectivity index (χ1v) is 8.87. The van der Waals surface area contributed by atoms with E-state index in [0.717, 1.165) is 35.3 Å². The summed E-state index contributed by atoms with van der Waals surface area (Å²) in [6.07, 6.45) is 5.67. The second-order valence-electron chi connectivity index (χ2n) is 6.58. The van der Waals surface area contributed by atoms with Crippen molar-refractivity contribution in [3.63, 3.8) is 0 Å². The lowest BCUT2D eigenvalue weighted by atomic mass is 9.93. The number of aryl methyl sites for hydroxylation is 1. The Hall–Kier alpha value is -2.14. The van der Waals surface area contributed by atoms with Crippen molar-refractivity contribution in [3.8, 4) is 16.9 Å². The average molecular weight is 421 g/mol. The molecule has 2 aromatic carbocycles. The first-order valence-electron chi connectivity index (χ1n) is 8.87. The third-order valence-corrected chi connectivity index (χ3v) is 4.93. The normalized spacial score (nSPS) is 16.0. The van der Waals surface area contributed by atoms with Crippen LogP contribution in [0.3, 0.4) is 0 Å². The van der Waals surface area contributed by atoms with Gasteiger partial charge in [-0.25, -0.2) is 4.39 Å². The molecule has 1 aliphatic heterocycles. The van der Waals surface area contributed by atoms with E-state index >= 15 is 0 Å². The molecule has 3 nitrogen and oxygen atoms in total. The summed E-state index contributed by atoms with van der Waals surface area (Å²) in [5, 5.41) is 3.38. The number of pyridine rings is 1. The summed E-state index contributed by atoms with van der Waals surface area (Å²) < 4.78 is 19.4. The van der Waals surface area contributed by atoms with E-state index in [9.17, 15) is 4.39 Å². The van der Waals surface area contributed by atoms with Gasteiger partial charge in [-0.3, -0.25) is 4.98 Å². The molecule has 1 aromatic heterocycles. The molecule has 0 spiro atoms. The van der Waals surface area contributed by atoms with E-state index in [1.54, 1.807) is 18.3 Å². The van der Waals surface area contributed by atoms with Crippen LogP contribution in [0.4, 0.5) is 4.39 Å². The van der Waals surface area contributed by atoms with Crippen LogP contribution >= 0.6 is 24.8 Å². The first-order chi connectivity index (χ1) is 12.7. The number of halogens is 3. The maximum Gasteiger partial charge on any atom is 0.123 e. The Bertz CT molecular complexity index is 905. The fourth-order valence-electron chi connectivity index (χ4n) is 3.58. The average Bonchev–Trinajstić information content (AvgIpc) is 2.69. The van der Waals surface area contributed by atoms with Gasteiger partial charge in [0.1, 0.15) is 17.7 Å². The molecule has 6 heteroatoms. The van der Waals surface area contributed by atoms with Crippen LogP contribution in [0.2, 0.25) is 0 Å². The molecule has 0 bridgehead atoms. The quantitative estimate of drug-likeness (QED) is 0.614. The topological polar surface area (TPSA) is 34.2 Å². The number of fused-ring (bicyclic) bond motifs is 1. The van der Waals surface area contributed by atoms with Crippen LogP contribution in [0.1, 0.15) is 23.6 Å². The van der Waals surface area contributed by atoms with Gasteiger partial charge in [0.25, 0.3) is 0 Å². The Morgan fingerprint density at radius 2 is 1.79 bits per heavy atom. The number of likely N-dealkylation sites (N-methyl/N-ethyl adjacent to an activating group) is 1. The van der Waals surface area contributed by atoms with Crippen LogP contribution in [-0.4, -0.2) is 18.1 Å². The SMILES string of the molecule is CNC(c1cncc(-c2ccc(F)cc2)c1)C1CCc2ccccc2O1.Cl.Cl. The van der Waals surface area contributed by atoms with Crippen molar-refractivity contribution in [1.82, 2.24) is 10.3 Å². The second-order valence-corrected chi connectivity index (χ2v) is 6.58. The zero-order valence-corrected chi connectivity index (χ0v) is 17.1. The van der Waals surface area contributed by atoms with Crippen LogP contribution in [0.25, 0.3) is 11.1 Å². The molecule has 0 saturated carbocycles. The smallest absolute Gasteiger partial charge is 0.123 e. The molecule has 0 amide bonds. The maximum absolute atomic E-state index is 13.2. The van der Waals surface area contributed by atoms with Crippen molar-refractivity contribution < 1.29 is 9.13 Å². The molecule has 28 heavy (non-hydrogen) atoms. The first kappa shape index (κ1) is 22.2. The summed E-state index contributed by atoms with van der Waals surface area (Å²) in [6.45, 7) is 0. The third-order valence-electron chi connectivity index (χ3n) is 4.93. The lowest BCUT2D eigenvalue weighted by Crippen LogP contribution is -2.36. The number of benzene rings is 2. The predicted octanol–water partition coefficient (Wildman–Crippen LogP) is 5.39. The number of ether oxygens (including phenoxy) is 1. The minimum absolute atomic E-state index is 0. The van der Waals surface area contributed by atoms with Crippen LogP contribution < -0.4 is 10.1 Å². The summed E-state index contributed by atoms with van der Waals surface area (Å²) in [6, 6.07) is 16.8. The highest BCUT2D eigenvalue weighted by Gasteiger charge is 2.28. The molecule has 0 saturated heterocycles. The number of rotatable bonds is 4. The Morgan fingerprint density at radius 3 is 2.54 bits per heavy atom. The van der Waals surface area contributed by atoms with Gasteiger partial charge >= 0.3 is 0 Å². The van der Waals surface area contributed by atoms with Crippen molar-refractivity contribution in [2.24, 2.45) is 0 Å². The molecule has 2 heterocycles. The summed E-state index contributed by atoms with van der Waals surface area (Å²) in [5.74, 6) is 0.729. The number of hydrogen-bond donors (Lipinski definition) is 1. The van der Waals surface area contributed by atoms with Gasteiger partial charge in [-0.1, -0.05) is 30.3 Å². The molecule has 2 unspecified atom stereocenters. The highest BCUT2D eigenvalue weighted by atomic mass is 35.5. The summed E-state index contributed by atoms with van der Waals surface area (Å²) in [4.78, 5) is 4.40. The molecular formula is C22H23Cl2FN2O. The minimum atomic E-state index is -0.236. The number of nitrogens with one attached hydrogen (secondary N) is 1. The molecule has 0 radical (unpaired) electrons. The van der Waals surface area contributed by atoms with Gasteiger partial charge in [0.05, 0.1) is 6.04 Å². The predicted molar refractivity (Wildman–Crippen MR) is 115 cm³/mol. The van der Waals surface area contributed by atoms with E-state index in [2.05, 4.69) is 22.4 Å². The van der Waals surface area contributed by atoms with Crippen molar-refractivity contribution in [2.75, 3.05) is 7.05 Å². The number of hydrogen-bond acceptors (Lipinski definition) is 3. The Kier molecular flexibility index (Phi) is 7.81. The maximum atomic E-state index is 13.2. The second kappa shape index (κ2) is 9.87. The summed E-state index contributed by atoms with van der Waals surface area (Å²) >= 11 is 0. The van der Waals surface area contributed by atoms with Gasteiger partial charge in [0.2, 0.25) is 0 Å².